The average molecular weight is 308 g/mol. The van der Waals surface area contributed by atoms with Gasteiger partial charge in [-0.1, -0.05) is 12.1 Å². The van der Waals surface area contributed by atoms with Gasteiger partial charge in [-0.3, -0.25) is 4.79 Å². The van der Waals surface area contributed by atoms with E-state index in [4.69, 9.17) is 4.74 Å². The molecule has 1 aromatic heterocycles. The summed E-state index contributed by atoms with van der Waals surface area (Å²) in [5, 5.41) is 5.23. The number of rotatable bonds is 5. The minimum Gasteiger partial charge on any atom is -0.465 e. The molecular formula is C15H17FN2O2S. The standard InChI is InChI=1S/C15H17FN2O2S/c1-4-20-13(19)15(2,3)12-9-21-14(18-12)17-11-8-6-5-7-10(11)16/h5-9H,4H2,1-3H3,(H,17,18). The van der Waals surface area contributed by atoms with Gasteiger partial charge in [-0.2, -0.15) is 0 Å². The lowest BCUT2D eigenvalue weighted by Crippen LogP contribution is -2.31. The molecule has 1 heterocycles. The summed E-state index contributed by atoms with van der Waals surface area (Å²) in [7, 11) is 0. The van der Waals surface area contributed by atoms with Crippen LogP contribution in [0.4, 0.5) is 15.2 Å². The van der Waals surface area contributed by atoms with E-state index in [1.807, 2.05) is 0 Å². The third-order valence-corrected chi connectivity index (χ3v) is 3.80. The minimum absolute atomic E-state index is 0.326. The molecule has 4 nitrogen and oxygen atoms in total. The van der Waals surface area contributed by atoms with Crippen LogP contribution in [0.1, 0.15) is 26.5 Å². The second-order valence-electron chi connectivity index (χ2n) is 4.99. The van der Waals surface area contributed by atoms with Gasteiger partial charge in [0.1, 0.15) is 11.2 Å². The minimum atomic E-state index is -0.832. The van der Waals surface area contributed by atoms with Crippen LogP contribution in [-0.2, 0) is 14.9 Å². The molecule has 0 fully saturated rings. The number of aromatic nitrogens is 1. The topological polar surface area (TPSA) is 51.2 Å². The molecule has 1 aromatic carbocycles. The number of hydrogen-bond acceptors (Lipinski definition) is 5. The Balaban J connectivity index is 2.18. The van der Waals surface area contributed by atoms with Gasteiger partial charge in [0.15, 0.2) is 5.13 Å². The van der Waals surface area contributed by atoms with Crippen molar-refractivity contribution in [2.24, 2.45) is 0 Å². The van der Waals surface area contributed by atoms with Crippen LogP contribution in [0.2, 0.25) is 0 Å². The van der Waals surface area contributed by atoms with Crippen molar-refractivity contribution in [2.45, 2.75) is 26.2 Å². The maximum atomic E-state index is 13.6. The fourth-order valence-corrected chi connectivity index (χ4v) is 2.60. The maximum Gasteiger partial charge on any atom is 0.317 e. The summed E-state index contributed by atoms with van der Waals surface area (Å²) >= 11 is 1.32. The van der Waals surface area contributed by atoms with Crippen molar-refractivity contribution in [3.8, 4) is 0 Å². The lowest BCUT2D eigenvalue weighted by Gasteiger charge is -2.19. The number of para-hydroxylation sites is 1. The van der Waals surface area contributed by atoms with E-state index >= 15 is 0 Å². The van der Waals surface area contributed by atoms with E-state index in [1.165, 1.54) is 17.4 Å². The first kappa shape index (κ1) is 15.4. The summed E-state index contributed by atoms with van der Waals surface area (Å²) in [6.07, 6.45) is 0. The van der Waals surface area contributed by atoms with Crippen LogP contribution in [0.15, 0.2) is 29.6 Å². The predicted octanol–water partition coefficient (Wildman–Crippen LogP) is 3.87. The summed E-state index contributed by atoms with van der Waals surface area (Å²) < 4.78 is 18.6. The number of ether oxygens (including phenoxy) is 1. The molecular weight excluding hydrogens is 291 g/mol. The molecule has 0 saturated heterocycles. The largest absolute Gasteiger partial charge is 0.465 e. The van der Waals surface area contributed by atoms with Crippen molar-refractivity contribution in [3.63, 3.8) is 0 Å². The van der Waals surface area contributed by atoms with E-state index in [9.17, 15) is 9.18 Å². The Bertz CT molecular complexity index is 640. The van der Waals surface area contributed by atoms with Gasteiger partial charge < -0.3 is 10.1 Å². The Morgan fingerprint density at radius 1 is 1.43 bits per heavy atom. The van der Waals surface area contributed by atoms with Crippen LogP contribution in [-0.4, -0.2) is 17.6 Å². The number of carbonyl (C=O) groups is 1. The predicted molar refractivity (Wildman–Crippen MR) is 81.5 cm³/mol. The number of hydrogen-bond donors (Lipinski definition) is 1. The molecule has 0 aliphatic carbocycles. The Kier molecular flexibility index (Phi) is 4.57. The number of nitrogens with one attached hydrogen (secondary N) is 1. The molecule has 0 spiro atoms. The number of esters is 1. The second-order valence-corrected chi connectivity index (χ2v) is 5.85. The highest BCUT2D eigenvalue weighted by Gasteiger charge is 2.33. The van der Waals surface area contributed by atoms with Crippen LogP contribution in [0.5, 0.6) is 0 Å². The zero-order chi connectivity index (χ0) is 15.5. The maximum absolute atomic E-state index is 13.6. The van der Waals surface area contributed by atoms with Gasteiger partial charge in [0, 0.05) is 5.38 Å². The summed E-state index contributed by atoms with van der Waals surface area (Å²) in [5.74, 6) is -0.674. The third-order valence-electron chi connectivity index (χ3n) is 3.05. The molecule has 0 aliphatic heterocycles. The van der Waals surface area contributed by atoms with Crippen molar-refractivity contribution >= 4 is 28.1 Å². The Morgan fingerprint density at radius 3 is 2.81 bits per heavy atom. The van der Waals surface area contributed by atoms with Crippen molar-refractivity contribution in [1.82, 2.24) is 4.98 Å². The van der Waals surface area contributed by atoms with Crippen LogP contribution in [0, 0.1) is 5.82 Å². The quantitative estimate of drug-likeness (QED) is 0.852. The molecule has 21 heavy (non-hydrogen) atoms. The summed E-state index contributed by atoms with van der Waals surface area (Å²) in [5.41, 5.74) is 0.124. The number of benzene rings is 1. The summed E-state index contributed by atoms with van der Waals surface area (Å²) in [6, 6.07) is 6.37. The Morgan fingerprint density at radius 2 is 2.14 bits per heavy atom. The molecule has 1 N–H and O–H groups in total. The molecule has 2 rings (SSSR count). The average Bonchev–Trinajstić information content (AvgIpc) is 2.91. The number of carbonyl (C=O) groups excluding carboxylic acids is 1. The fraction of sp³-hybridized carbons (Fsp3) is 0.333. The summed E-state index contributed by atoms with van der Waals surface area (Å²) in [4.78, 5) is 16.3. The molecule has 0 bridgehead atoms. The molecule has 112 valence electrons. The molecule has 2 aromatic rings. The van der Waals surface area contributed by atoms with E-state index in [1.54, 1.807) is 44.4 Å². The lowest BCUT2D eigenvalue weighted by atomic mass is 9.90. The highest BCUT2D eigenvalue weighted by molar-refractivity contribution is 7.13. The smallest absolute Gasteiger partial charge is 0.317 e. The van der Waals surface area contributed by atoms with E-state index < -0.39 is 5.41 Å². The molecule has 0 atom stereocenters. The van der Waals surface area contributed by atoms with Crippen molar-refractivity contribution in [2.75, 3.05) is 11.9 Å². The highest BCUT2D eigenvalue weighted by atomic mass is 32.1. The number of thiazole rings is 1. The highest BCUT2D eigenvalue weighted by Crippen LogP contribution is 2.30. The molecule has 0 amide bonds. The van der Waals surface area contributed by atoms with E-state index in [0.717, 1.165) is 0 Å². The van der Waals surface area contributed by atoms with Crippen molar-refractivity contribution in [3.05, 3.63) is 41.2 Å². The van der Waals surface area contributed by atoms with Gasteiger partial charge >= 0.3 is 5.97 Å². The van der Waals surface area contributed by atoms with Crippen LogP contribution in [0.25, 0.3) is 0 Å². The first-order chi connectivity index (χ1) is 9.95. The SMILES string of the molecule is CCOC(=O)C(C)(C)c1csc(Nc2ccccc2F)n1. The summed E-state index contributed by atoms with van der Waals surface area (Å²) in [6.45, 7) is 5.60. The Hall–Kier alpha value is -1.95. The van der Waals surface area contributed by atoms with Gasteiger partial charge in [0.2, 0.25) is 0 Å². The van der Waals surface area contributed by atoms with Gasteiger partial charge in [-0.15, -0.1) is 11.3 Å². The Labute approximate surface area is 127 Å². The zero-order valence-corrected chi connectivity index (χ0v) is 13.0. The number of nitrogens with zero attached hydrogens (tertiary/aromatic N) is 1. The van der Waals surface area contributed by atoms with Crippen molar-refractivity contribution in [1.29, 1.82) is 0 Å². The first-order valence-corrected chi connectivity index (χ1v) is 7.48. The monoisotopic (exact) mass is 308 g/mol. The number of halogens is 1. The van der Waals surface area contributed by atoms with Gasteiger partial charge in [0.05, 0.1) is 18.0 Å². The molecule has 0 aliphatic rings. The number of anilines is 2. The van der Waals surface area contributed by atoms with Gasteiger partial charge in [-0.25, -0.2) is 9.37 Å². The van der Waals surface area contributed by atoms with Crippen LogP contribution >= 0.6 is 11.3 Å². The van der Waals surface area contributed by atoms with Gasteiger partial charge in [-0.05, 0) is 32.9 Å². The molecule has 0 radical (unpaired) electrons. The van der Waals surface area contributed by atoms with Crippen molar-refractivity contribution < 1.29 is 13.9 Å². The third kappa shape index (κ3) is 3.39. The van der Waals surface area contributed by atoms with E-state index in [0.29, 0.717) is 23.1 Å². The first-order valence-electron chi connectivity index (χ1n) is 6.60. The molecule has 0 saturated carbocycles. The van der Waals surface area contributed by atoms with E-state index in [2.05, 4.69) is 10.3 Å². The van der Waals surface area contributed by atoms with Gasteiger partial charge in [0.25, 0.3) is 0 Å². The zero-order valence-electron chi connectivity index (χ0n) is 12.1. The second kappa shape index (κ2) is 6.22. The normalized spacial score (nSPS) is 11.2. The van der Waals surface area contributed by atoms with Crippen LogP contribution in [0.3, 0.4) is 0 Å². The fourth-order valence-electron chi connectivity index (χ4n) is 1.71. The molecule has 0 unspecified atom stereocenters. The van der Waals surface area contributed by atoms with E-state index in [-0.39, 0.29) is 11.8 Å². The molecule has 6 heteroatoms. The van der Waals surface area contributed by atoms with Crippen LogP contribution < -0.4 is 5.32 Å². The lowest BCUT2D eigenvalue weighted by molar-refractivity contribution is -0.148.